The average molecular weight is 352 g/mol. The van der Waals surface area contributed by atoms with Crippen molar-refractivity contribution >= 4 is 22.9 Å². The van der Waals surface area contributed by atoms with Gasteiger partial charge in [0.2, 0.25) is 0 Å². The maximum absolute atomic E-state index is 10.6. The van der Waals surface area contributed by atoms with Crippen molar-refractivity contribution < 1.29 is 19.4 Å². The van der Waals surface area contributed by atoms with Crippen LogP contribution in [-0.4, -0.2) is 22.7 Å². The van der Waals surface area contributed by atoms with E-state index in [4.69, 9.17) is 15.2 Å². The summed E-state index contributed by atoms with van der Waals surface area (Å²) in [4.78, 5) is 14.9. The molecule has 6 heteroatoms. The van der Waals surface area contributed by atoms with Gasteiger partial charge in [0.05, 0.1) is 11.9 Å². The zero-order valence-electron chi connectivity index (χ0n) is 14.4. The normalized spacial score (nSPS) is 11.9. The molecule has 0 aliphatic rings. The number of rotatable bonds is 7. The van der Waals surface area contributed by atoms with Crippen molar-refractivity contribution in [1.82, 2.24) is 4.98 Å². The van der Waals surface area contributed by atoms with E-state index in [0.717, 1.165) is 11.1 Å². The highest BCUT2D eigenvalue weighted by atomic mass is 16.5. The highest BCUT2D eigenvalue weighted by Gasteiger charge is 2.14. The summed E-state index contributed by atoms with van der Waals surface area (Å²) in [5.41, 5.74) is 7.09. The molecule has 2 aromatic carbocycles. The molecular formula is C20H20N2O4. The van der Waals surface area contributed by atoms with Crippen molar-refractivity contribution in [3.63, 3.8) is 0 Å². The molecule has 26 heavy (non-hydrogen) atoms. The summed E-state index contributed by atoms with van der Waals surface area (Å²) in [6.07, 6.45) is 2.31. The number of nitrogens with zero attached hydrogens (tertiary/aromatic N) is 1. The maximum Gasteiger partial charge on any atom is 0.293 e. The Labute approximate surface area is 151 Å². The molecule has 3 aromatic rings. The van der Waals surface area contributed by atoms with Gasteiger partial charge >= 0.3 is 0 Å². The molecule has 0 radical (unpaired) electrons. The van der Waals surface area contributed by atoms with E-state index in [1.807, 2.05) is 19.1 Å². The number of hydrogen-bond donors (Lipinski definition) is 2. The summed E-state index contributed by atoms with van der Waals surface area (Å²) in [5.74, 6) is 1.31. The van der Waals surface area contributed by atoms with Gasteiger partial charge < -0.3 is 20.3 Å². The van der Waals surface area contributed by atoms with Gasteiger partial charge in [-0.05, 0) is 48.9 Å². The average Bonchev–Trinajstić information content (AvgIpc) is 2.65. The number of anilines is 1. The van der Waals surface area contributed by atoms with Crippen molar-refractivity contribution in [3.8, 4) is 17.2 Å². The number of ether oxygens (including phenoxy) is 2. The molecule has 0 amide bonds. The summed E-state index contributed by atoms with van der Waals surface area (Å²) in [5, 5.41) is 11.6. The lowest BCUT2D eigenvalue weighted by Gasteiger charge is -2.15. The van der Waals surface area contributed by atoms with Gasteiger partial charge in [0, 0.05) is 22.9 Å². The molecule has 3 N–H and O–H groups in total. The lowest BCUT2D eigenvalue weighted by Crippen LogP contribution is -2.15. The molecule has 0 aliphatic heterocycles. The minimum atomic E-state index is -0.251. The topological polar surface area (TPSA) is 94.7 Å². The molecule has 1 heterocycles. The van der Waals surface area contributed by atoms with Crippen molar-refractivity contribution in [2.24, 2.45) is 0 Å². The van der Waals surface area contributed by atoms with Crippen LogP contribution in [-0.2, 0) is 16.0 Å². The Hall–Kier alpha value is -3.28. The van der Waals surface area contributed by atoms with Crippen molar-refractivity contribution in [2.75, 3.05) is 5.73 Å². The lowest BCUT2D eigenvalue weighted by atomic mass is 10.0. The summed E-state index contributed by atoms with van der Waals surface area (Å²) >= 11 is 0. The van der Waals surface area contributed by atoms with E-state index in [1.165, 1.54) is 6.20 Å². The molecule has 0 bridgehead atoms. The van der Waals surface area contributed by atoms with Gasteiger partial charge in [-0.25, -0.2) is 0 Å². The first-order chi connectivity index (χ1) is 12.6. The van der Waals surface area contributed by atoms with Crippen molar-refractivity contribution in [2.45, 2.75) is 25.9 Å². The molecule has 3 rings (SSSR count). The van der Waals surface area contributed by atoms with Crippen LogP contribution in [0.4, 0.5) is 5.69 Å². The van der Waals surface area contributed by atoms with Gasteiger partial charge in [-0.3, -0.25) is 9.78 Å². The predicted octanol–water partition coefficient (Wildman–Crippen LogP) is 3.81. The number of carbonyl (C=O) groups excluding carboxylic acids is 1. The van der Waals surface area contributed by atoms with Crippen LogP contribution in [0, 0.1) is 0 Å². The Balaban J connectivity index is 1.92. The smallest absolute Gasteiger partial charge is 0.293 e. The zero-order valence-corrected chi connectivity index (χ0v) is 14.4. The van der Waals surface area contributed by atoms with Crippen LogP contribution in [0.25, 0.3) is 10.8 Å². The van der Waals surface area contributed by atoms with Crippen LogP contribution in [0.5, 0.6) is 17.2 Å². The fourth-order valence-corrected chi connectivity index (χ4v) is 2.75. The van der Waals surface area contributed by atoms with E-state index >= 15 is 0 Å². The Morgan fingerprint density at radius 1 is 1.15 bits per heavy atom. The fourth-order valence-electron chi connectivity index (χ4n) is 2.75. The van der Waals surface area contributed by atoms with E-state index < -0.39 is 0 Å². The quantitative estimate of drug-likeness (QED) is 0.496. The number of benzene rings is 2. The monoisotopic (exact) mass is 352 g/mol. The molecule has 0 spiro atoms. The van der Waals surface area contributed by atoms with Gasteiger partial charge in [0.25, 0.3) is 6.47 Å². The molecule has 134 valence electrons. The predicted molar refractivity (Wildman–Crippen MR) is 99.3 cm³/mol. The highest BCUT2D eigenvalue weighted by Crippen LogP contribution is 2.32. The molecule has 0 aliphatic carbocycles. The fraction of sp³-hybridized carbons (Fsp3) is 0.200. The Kier molecular flexibility index (Phi) is 5.22. The highest BCUT2D eigenvalue weighted by molar-refractivity contribution is 5.90. The molecule has 1 unspecified atom stereocenters. The number of fused-ring (bicyclic) bond motifs is 1. The molecule has 6 nitrogen and oxygen atoms in total. The third kappa shape index (κ3) is 3.85. The molecule has 0 saturated carbocycles. The number of nitrogens with two attached hydrogens (primary N) is 1. The third-order valence-electron chi connectivity index (χ3n) is 4.16. The number of nitrogen functional groups attached to an aromatic ring is 1. The second-order valence-electron chi connectivity index (χ2n) is 5.94. The van der Waals surface area contributed by atoms with Crippen LogP contribution in [0.2, 0.25) is 0 Å². The minimum Gasteiger partial charge on any atom is -0.506 e. The van der Waals surface area contributed by atoms with Gasteiger partial charge in [0.1, 0.15) is 23.4 Å². The van der Waals surface area contributed by atoms with Crippen molar-refractivity contribution in [3.05, 3.63) is 54.4 Å². The first-order valence-electron chi connectivity index (χ1n) is 8.33. The van der Waals surface area contributed by atoms with E-state index in [9.17, 15) is 9.90 Å². The largest absolute Gasteiger partial charge is 0.506 e. The number of carbonyl (C=O) groups is 1. The summed E-state index contributed by atoms with van der Waals surface area (Å²) in [7, 11) is 0. The van der Waals surface area contributed by atoms with E-state index in [-0.39, 0.29) is 11.9 Å². The van der Waals surface area contributed by atoms with Gasteiger partial charge in [-0.15, -0.1) is 0 Å². The van der Waals surface area contributed by atoms with Crippen LogP contribution in [0.15, 0.2) is 48.7 Å². The van der Waals surface area contributed by atoms with Crippen LogP contribution in [0.1, 0.15) is 19.0 Å². The molecule has 0 fully saturated rings. The summed E-state index contributed by atoms with van der Waals surface area (Å²) in [6.45, 7) is 2.39. The number of aromatic nitrogens is 1. The second kappa shape index (κ2) is 7.74. The van der Waals surface area contributed by atoms with Crippen LogP contribution >= 0.6 is 0 Å². The Bertz CT molecular complexity index is 910. The Morgan fingerprint density at radius 3 is 2.58 bits per heavy atom. The van der Waals surface area contributed by atoms with E-state index in [0.29, 0.717) is 41.9 Å². The minimum absolute atomic E-state index is 0.0656. The SMILES string of the molecule is CCC(Cc1ncc(O)c2cc(Oc3ccc(N)cc3)ccc12)OC=O. The third-order valence-corrected chi connectivity index (χ3v) is 4.16. The van der Waals surface area contributed by atoms with E-state index in [2.05, 4.69) is 4.98 Å². The summed E-state index contributed by atoms with van der Waals surface area (Å²) in [6, 6.07) is 12.5. The molecule has 0 saturated heterocycles. The number of hydrogen-bond acceptors (Lipinski definition) is 6. The van der Waals surface area contributed by atoms with Crippen molar-refractivity contribution in [1.29, 1.82) is 0 Å². The van der Waals surface area contributed by atoms with Gasteiger partial charge in [0.15, 0.2) is 0 Å². The lowest BCUT2D eigenvalue weighted by molar-refractivity contribution is -0.133. The van der Waals surface area contributed by atoms with E-state index in [1.54, 1.807) is 30.3 Å². The van der Waals surface area contributed by atoms with Crippen LogP contribution in [0.3, 0.4) is 0 Å². The zero-order chi connectivity index (χ0) is 18.5. The first-order valence-corrected chi connectivity index (χ1v) is 8.33. The molecule has 1 aromatic heterocycles. The van der Waals surface area contributed by atoms with Gasteiger partial charge in [-0.1, -0.05) is 6.92 Å². The number of aromatic hydroxyl groups is 1. The van der Waals surface area contributed by atoms with Crippen LogP contribution < -0.4 is 10.5 Å². The first kappa shape index (κ1) is 17.5. The standard InChI is InChI=1S/C20H20N2O4/c1-2-14(25-12-23)10-19-17-8-7-16(9-18(17)20(24)11-22-19)26-15-5-3-13(21)4-6-15/h3-9,11-12,14,24H,2,10,21H2,1H3. The molecule has 1 atom stereocenters. The maximum atomic E-state index is 10.6. The second-order valence-corrected chi connectivity index (χ2v) is 5.94. The van der Waals surface area contributed by atoms with Gasteiger partial charge in [-0.2, -0.15) is 0 Å². The number of pyridine rings is 1. The Morgan fingerprint density at radius 2 is 1.88 bits per heavy atom. The summed E-state index contributed by atoms with van der Waals surface area (Å²) < 4.78 is 10.9. The molecular weight excluding hydrogens is 332 g/mol.